The van der Waals surface area contributed by atoms with Gasteiger partial charge < -0.3 is 20.1 Å². The van der Waals surface area contributed by atoms with E-state index in [1.54, 1.807) is 7.11 Å². The quantitative estimate of drug-likeness (QED) is 0.227. The third-order valence-corrected chi connectivity index (χ3v) is 5.42. The summed E-state index contributed by atoms with van der Waals surface area (Å²) in [5.41, 5.74) is 2.30. The Morgan fingerprint density at radius 1 is 1.28 bits per heavy atom. The molecule has 29 heavy (non-hydrogen) atoms. The van der Waals surface area contributed by atoms with Crippen LogP contribution < -0.4 is 15.4 Å². The van der Waals surface area contributed by atoms with Crippen molar-refractivity contribution in [3.63, 3.8) is 0 Å². The number of likely N-dealkylation sites (tertiary alicyclic amines) is 1. The standard InChI is InChI=1S/C22H38N4O2.HI/c1-17-9-10-20(21(14-17)28-13-12-27-5)16-25-22(23-4)24-15-19(3)26-11-7-6-8-18(26)2;/h9-10,14,18-19H,6-8,11-13,15-16H2,1-5H3,(H2,23,24,25);1H. The summed E-state index contributed by atoms with van der Waals surface area (Å²) in [6, 6.07) is 7.44. The van der Waals surface area contributed by atoms with E-state index in [1.165, 1.54) is 31.4 Å². The Bertz CT molecular complexity index is 627. The van der Waals surface area contributed by atoms with Gasteiger partial charge in [-0.2, -0.15) is 0 Å². The highest BCUT2D eigenvalue weighted by molar-refractivity contribution is 14.0. The van der Waals surface area contributed by atoms with Crippen molar-refractivity contribution in [3.05, 3.63) is 29.3 Å². The topological polar surface area (TPSA) is 58.1 Å². The SMILES string of the molecule is CN=C(NCc1ccc(C)cc1OCCOC)NCC(C)N1CCCCC1C.I. The minimum absolute atomic E-state index is 0. The van der Waals surface area contributed by atoms with E-state index in [9.17, 15) is 0 Å². The first-order valence-corrected chi connectivity index (χ1v) is 10.5. The summed E-state index contributed by atoms with van der Waals surface area (Å²) in [5.74, 6) is 1.72. The maximum absolute atomic E-state index is 5.88. The van der Waals surface area contributed by atoms with Crippen LogP contribution in [-0.4, -0.2) is 63.4 Å². The van der Waals surface area contributed by atoms with Crippen molar-refractivity contribution in [2.75, 3.05) is 40.5 Å². The van der Waals surface area contributed by atoms with Gasteiger partial charge in [-0.05, 0) is 51.8 Å². The van der Waals surface area contributed by atoms with Crippen LogP contribution >= 0.6 is 24.0 Å². The molecule has 2 unspecified atom stereocenters. The number of hydrogen-bond donors (Lipinski definition) is 2. The predicted molar refractivity (Wildman–Crippen MR) is 132 cm³/mol. The second-order valence-electron chi connectivity index (χ2n) is 7.69. The van der Waals surface area contributed by atoms with Crippen LogP contribution in [0.1, 0.15) is 44.2 Å². The summed E-state index contributed by atoms with van der Waals surface area (Å²) in [6.45, 7) is 10.6. The molecular weight excluding hydrogens is 479 g/mol. The fourth-order valence-electron chi connectivity index (χ4n) is 3.71. The van der Waals surface area contributed by atoms with E-state index in [0.717, 1.165) is 23.8 Å². The van der Waals surface area contributed by atoms with Gasteiger partial charge in [0.1, 0.15) is 12.4 Å². The number of rotatable bonds is 9. The number of hydrogen-bond acceptors (Lipinski definition) is 4. The third-order valence-electron chi connectivity index (χ3n) is 5.42. The van der Waals surface area contributed by atoms with Gasteiger partial charge in [-0.25, -0.2) is 0 Å². The van der Waals surface area contributed by atoms with E-state index in [4.69, 9.17) is 9.47 Å². The van der Waals surface area contributed by atoms with E-state index in [1.807, 2.05) is 7.05 Å². The van der Waals surface area contributed by atoms with Crippen LogP contribution in [-0.2, 0) is 11.3 Å². The molecule has 0 amide bonds. The highest BCUT2D eigenvalue weighted by atomic mass is 127. The number of aliphatic imine (C=N–C) groups is 1. The van der Waals surface area contributed by atoms with E-state index in [0.29, 0.717) is 31.8 Å². The lowest BCUT2D eigenvalue weighted by atomic mass is 10.0. The van der Waals surface area contributed by atoms with Crippen molar-refractivity contribution in [2.24, 2.45) is 4.99 Å². The molecule has 1 aliphatic rings. The summed E-state index contributed by atoms with van der Waals surface area (Å²) in [4.78, 5) is 6.98. The van der Waals surface area contributed by atoms with E-state index >= 15 is 0 Å². The van der Waals surface area contributed by atoms with Crippen LogP contribution in [0.5, 0.6) is 5.75 Å². The number of ether oxygens (including phenoxy) is 2. The maximum Gasteiger partial charge on any atom is 0.191 e. The Kier molecular flexibility index (Phi) is 12.6. The molecule has 2 rings (SSSR count). The lowest BCUT2D eigenvalue weighted by molar-refractivity contribution is 0.115. The molecule has 0 aliphatic carbocycles. The summed E-state index contributed by atoms with van der Waals surface area (Å²) >= 11 is 0. The fraction of sp³-hybridized carbons (Fsp3) is 0.682. The Hall–Kier alpha value is -1.06. The number of guanidine groups is 1. The number of nitrogens with zero attached hydrogens (tertiary/aromatic N) is 2. The van der Waals surface area contributed by atoms with Crippen molar-refractivity contribution >= 4 is 29.9 Å². The first kappa shape index (κ1) is 26.0. The molecule has 0 bridgehead atoms. The monoisotopic (exact) mass is 518 g/mol. The first-order valence-electron chi connectivity index (χ1n) is 10.5. The van der Waals surface area contributed by atoms with Gasteiger partial charge >= 0.3 is 0 Å². The van der Waals surface area contributed by atoms with Gasteiger partial charge in [0.05, 0.1) is 6.61 Å². The van der Waals surface area contributed by atoms with Crippen LogP contribution in [0.25, 0.3) is 0 Å². The number of piperidine rings is 1. The van der Waals surface area contributed by atoms with E-state index in [-0.39, 0.29) is 24.0 Å². The average Bonchev–Trinajstić information content (AvgIpc) is 2.69. The Morgan fingerprint density at radius 3 is 2.76 bits per heavy atom. The number of halogens is 1. The molecule has 2 N–H and O–H groups in total. The summed E-state index contributed by atoms with van der Waals surface area (Å²) in [7, 11) is 3.50. The molecule has 1 fully saturated rings. The van der Waals surface area contributed by atoms with Gasteiger partial charge in [0.25, 0.3) is 0 Å². The van der Waals surface area contributed by atoms with Crippen LogP contribution in [0.15, 0.2) is 23.2 Å². The highest BCUT2D eigenvalue weighted by Gasteiger charge is 2.23. The number of benzene rings is 1. The van der Waals surface area contributed by atoms with Gasteiger partial charge in [0.2, 0.25) is 0 Å². The lowest BCUT2D eigenvalue weighted by Crippen LogP contribution is -2.50. The summed E-state index contributed by atoms with van der Waals surface area (Å²) in [5, 5.41) is 6.89. The molecule has 166 valence electrons. The normalized spacial score (nSPS) is 18.7. The van der Waals surface area contributed by atoms with Crippen molar-refractivity contribution < 1.29 is 9.47 Å². The molecule has 1 aromatic carbocycles. The first-order chi connectivity index (χ1) is 13.5. The van der Waals surface area contributed by atoms with Crippen LogP contribution in [0.2, 0.25) is 0 Å². The number of aryl methyl sites for hydroxylation is 1. The lowest BCUT2D eigenvalue weighted by Gasteiger charge is -2.38. The zero-order chi connectivity index (χ0) is 20.4. The smallest absolute Gasteiger partial charge is 0.191 e. The molecule has 0 saturated carbocycles. The van der Waals surface area contributed by atoms with Gasteiger partial charge in [-0.1, -0.05) is 18.6 Å². The van der Waals surface area contributed by atoms with Crippen molar-refractivity contribution in [1.29, 1.82) is 0 Å². The molecule has 1 aliphatic heterocycles. The molecular formula is C22H39IN4O2. The van der Waals surface area contributed by atoms with Gasteiger partial charge in [-0.3, -0.25) is 9.89 Å². The van der Waals surface area contributed by atoms with Gasteiger partial charge in [0, 0.05) is 44.9 Å². The van der Waals surface area contributed by atoms with Crippen molar-refractivity contribution in [2.45, 2.75) is 58.7 Å². The minimum Gasteiger partial charge on any atom is -0.491 e. The van der Waals surface area contributed by atoms with Crippen LogP contribution in [0.4, 0.5) is 0 Å². The maximum atomic E-state index is 5.88. The van der Waals surface area contributed by atoms with Crippen LogP contribution in [0.3, 0.4) is 0 Å². The second-order valence-corrected chi connectivity index (χ2v) is 7.69. The minimum atomic E-state index is 0. The molecule has 1 heterocycles. The summed E-state index contributed by atoms with van der Waals surface area (Å²) in [6.07, 6.45) is 3.96. The van der Waals surface area contributed by atoms with Gasteiger partial charge in [0.15, 0.2) is 5.96 Å². The molecule has 1 saturated heterocycles. The van der Waals surface area contributed by atoms with Crippen molar-refractivity contribution in [3.8, 4) is 5.75 Å². The molecule has 0 radical (unpaired) electrons. The Balaban J connectivity index is 0.00000420. The average molecular weight is 518 g/mol. The second kappa shape index (κ2) is 14.0. The molecule has 1 aromatic rings. The molecule has 0 aromatic heterocycles. The molecule has 6 nitrogen and oxygen atoms in total. The molecule has 0 spiro atoms. The Labute approximate surface area is 193 Å². The number of nitrogens with one attached hydrogen (secondary N) is 2. The predicted octanol–water partition coefficient (Wildman–Crippen LogP) is 3.57. The Morgan fingerprint density at radius 2 is 2.07 bits per heavy atom. The highest BCUT2D eigenvalue weighted by Crippen LogP contribution is 2.20. The largest absolute Gasteiger partial charge is 0.491 e. The van der Waals surface area contributed by atoms with Crippen molar-refractivity contribution in [1.82, 2.24) is 15.5 Å². The molecule has 2 atom stereocenters. The third kappa shape index (κ3) is 8.68. The summed E-state index contributed by atoms with van der Waals surface area (Å²) < 4.78 is 11.0. The zero-order valence-electron chi connectivity index (χ0n) is 18.7. The van der Waals surface area contributed by atoms with Crippen LogP contribution in [0, 0.1) is 6.92 Å². The number of methoxy groups -OCH3 is 1. The molecule has 7 heteroatoms. The zero-order valence-corrected chi connectivity index (χ0v) is 21.0. The fourth-order valence-corrected chi connectivity index (χ4v) is 3.71. The van der Waals surface area contributed by atoms with E-state index in [2.05, 4.69) is 59.5 Å². The van der Waals surface area contributed by atoms with Gasteiger partial charge in [-0.15, -0.1) is 24.0 Å². The van der Waals surface area contributed by atoms with E-state index < -0.39 is 0 Å².